The van der Waals surface area contributed by atoms with Gasteiger partial charge in [-0.05, 0) is 17.7 Å². The highest BCUT2D eigenvalue weighted by molar-refractivity contribution is 6.23. The van der Waals surface area contributed by atoms with Crippen molar-refractivity contribution in [1.29, 1.82) is 0 Å². The minimum Gasteiger partial charge on any atom is -0.274 e. The van der Waals surface area contributed by atoms with Crippen molar-refractivity contribution >= 4 is 23.2 Å². The molecule has 0 spiro atoms. The number of nitrogens with zero attached hydrogens (tertiary/aromatic N) is 3. The topological polar surface area (TPSA) is 84.4 Å². The van der Waals surface area contributed by atoms with Gasteiger partial charge in [0, 0.05) is 29.8 Å². The molecule has 0 radical (unpaired) electrons. The maximum atomic E-state index is 13.5. The molecule has 3 aromatic rings. The summed E-state index contributed by atoms with van der Waals surface area (Å²) in [6.07, 6.45) is 1.98. The molecule has 1 aromatic heterocycles. The van der Waals surface area contributed by atoms with Crippen LogP contribution in [0.5, 0.6) is 0 Å². The summed E-state index contributed by atoms with van der Waals surface area (Å²) in [4.78, 5) is 38.8. The van der Waals surface area contributed by atoms with Crippen molar-refractivity contribution in [2.24, 2.45) is 11.8 Å². The Labute approximate surface area is 171 Å². The fourth-order valence-corrected chi connectivity index (χ4v) is 5.48. The molecular formula is C23H16N3O4+. The van der Waals surface area contributed by atoms with Crippen molar-refractivity contribution in [2.45, 2.75) is 12.0 Å². The molecule has 0 saturated carbocycles. The van der Waals surface area contributed by atoms with E-state index in [1.54, 1.807) is 0 Å². The van der Waals surface area contributed by atoms with Gasteiger partial charge in [0.2, 0.25) is 11.8 Å². The molecule has 2 amide bonds. The van der Waals surface area contributed by atoms with E-state index in [4.69, 9.17) is 0 Å². The number of amides is 2. The van der Waals surface area contributed by atoms with Crippen LogP contribution in [-0.4, -0.2) is 16.7 Å². The zero-order valence-corrected chi connectivity index (χ0v) is 15.7. The molecule has 7 heteroatoms. The Morgan fingerprint density at radius 3 is 2.23 bits per heavy atom. The Hall–Kier alpha value is -3.87. The average molecular weight is 398 g/mol. The number of hydrogen-bond acceptors (Lipinski definition) is 4. The second-order valence-electron chi connectivity index (χ2n) is 7.92. The first-order valence-electron chi connectivity index (χ1n) is 9.79. The summed E-state index contributed by atoms with van der Waals surface area (Å²) in [5, 5.41) is 11.0. The van der Waals surface area contributed by atoms with Crippen LogP contribution in [0.2, 0.25) is 0 Å². The molecule has 2 bridgehead atoms. The van der Waals surface area contributed by atoms with Gasteiger partial charge in [-0.3, -0.25) is 19.7 Å². The molecule has 4 aliphatic rings. The molecule has 1 saturated heterocycles. The van der Waals surface area contributed by atoms with Gasteiger partial charge in [0.1, 0.15) is 5.92 Å². The maximum absolute atomic E-state index is 13.5. The molecule has 146 valence electrons. The zero-order chi connectivity index (χ0) is 20.6. The maximum Gasteiger partial charge on any atom is 0.269 e. The van der Waals surface area contributed by atoms with Crippen LogP contribution >= 0.6 is 0 Å². The number of carbonyl (C=O) groups is 2. The summed E-state index contributed by atoms with van der Waals surface area (Å²) in [5.74, 6) is -1.65. The van der Waals surface area contributed by atoms with E-state index in [1.165, 1.54) is 29.2 Å². The van der Waals surface area contributed by atoms with Crippen LogP contribution in [0.4, 0.5) is 11.4 Å². The predicted octanol–water partition coefficient (Wildman–Crippen LogP) is 2.74. The largest absolute Gasteiger partial charge is 0.274 e. The summed E-state index contributed by atoms with van der Waals surface area (Å²) in [7, 11) is 0. The lowest BCUT2D eigenvalue weighted by Crippen LogP contribution is -2.59. The van der Waals surface area contributed by atoms with Gasteiger partial charge in [-0.15, -0.1) is 0 Å². The first-order valence-corrected chi connectivity index (χ1v) is 9.79. The van der Waals surface area contributed by atoms with Crippen LogP contribution in [0.25, 0.3) is 0 Å². The number of pyridine rings is 1. The van der Waals surface area contributed by atoms with Gasteiger partial charge in [0.15, 0.2) is 17.9 Å². The highest BCUT2D eigenvalue weighted by Crippen LogP contribution is 2.55. The minimum absolute atomic E-state index is 0.0781. The number of nitro benzene ring substituents is 1. The van der Waals surface area contributed by atoms with Crippen molar-refractivity contribution < 1.29 is 19.1 Å². The smallest absolute Gasteiger partial charge is 0.269 e. The van der Waals surface area contributed by atoms with Crippen LogP contribution < -0.4 is 9.47 Å². The highest BCUT2D eigenvalue weighted by Gasteiger charge is 2.66. The zero-order valence-electron chi connectivity index (χ0n) is 15.7. The van der Waals surface area contributed by atoms with Crippen molar-refractivity contribution in [3.63, 3.8) is 0 Å². The fourth-order valence-electron chi connectivity index (χ4n) is 5.48. The Bertz CT molecular complexity index is 1140. The SMILES string of the molecule is O=C1[C@@H]2[C@@H]3c4ccccc4[C@@H]([C@H]2C(=O)N1c1ccc([N+](=O)[O-])cc1)[n+]1ccccc13. The molecule has 1 fully saturated rings. The van der Waals surface area contributed by atoms with E-state index < -0.39 is 16.8 Å². The number of nitro groups is 1. The lowest BCUT2D eigenvalue weighted by Gasteiger charge is -2.40. The summed E-state index contributed by atoms with van der Waals surface area (Å²) in [6, 6.07) is 19.3. The third kappa shape index (κ3) is 2.01. The monoisotopic (exact) mass is 398 g/mol. The van der Waals surface area contributed by atoms with Gasteiger partial charge in [0.25, 0.3) is 5.69 Å². The Kier molecular flexibility index (Phi) is 3.30. The van der Waals surface area contributed by atoms with Crippen molar-refractivity contribution in [3.8, 4) is 0 Å². The third-order valence-electron chi connectivity index (χ3n) is 6.61. The van der Waals surface area contributed by atoms with Gasteiger partial charge >= 0.3 is 0 Å². The molecule has 7 nitrogen and oxygen atoms in total. The van der Waals surface area contributed by atoms with Gasteiger partial charge in [0.05, 0.1) is 22.4 Å². The van der Waals surface area contributed by atoms with Gasteiger partial charge < -0.3 is 0 Å². The standard InChI is InChI=1S/C23H16N3O4/c27-22-19-18-15-5-1-2-6-16(15)21(24-12-4-3-7-17(18)24)20(19)23(28)25(22)13-8-10-14(11-9-13)26(29)30/h1-12,18-21H/q+1/t18-,19-,20+,21+/m1/s1. The first-order chi connectivity index (χ1) is 14.6. The lowest BCUT2D eigenvalue weighted by atomic mass is 9.63. The number of anilines is 1. The quantitative estimate of drug-likeness (QED) is 0.288. The molecule has 1 aliphatic carbocycles. The predicted molar refractivity (Wildman–Crippen MR) is 106 cm³/mol. The van der Waals surface area contributed by atoms with E-state index >= 15 is 0 Å². The number of rotatable bonds is 2. The van der Waals surface area contributed by atoms with Gasteiger partial charge in [-0.1, -0.05) is 30.3 Å². The molecule has 7 rings (SSSR count). The van der Waals surface area contributed by atoms with Crippen LogP contribution in [0.3, 0.4) is 0 Å². The molecule has 0 unspecified atom stereocenters. The van der Waals surface area contributed by atoms with Crippen LogP contribution in [-0.2, 0) is 9.59 Å². The van der Waals surface area contributed by atoms with E-state index in [0.717, 1.165) is 16.8 Å². The molecule has 0 N–H and O–H groups in total. The summed E-state index contributed by atoms with van der Waals surface area (Å²) in [5.41, 5.74) is 3.52. The molecular weight excluding hydrogens is 382 g/mol. The van der Waals surface area contributed by atoms with Crippen LogP contribution in [0.1, 0.15) is 28.8 Å². The molecule has 30 heavy (non-hydrogen) atoms. The highest BCUT2D eigenvalue weighted by atomic mass is 16.6. The first kappa shape index (κ1) is 17.0. The van der Waals surface area contributed by atoms with Crippen LogP contribution in [0, 0.1) is 22.0 Å². The normalized spacial score (nSPS) is 25.7. The van der Waals surface area contributed by atoms with Gasteiger partial charge in [-0.2, -0.15) is 4.57 Å². The second-order valence-corrected chi connectivity index (χ2v) is 7.92. The van der Waals surface area contributed by atoms with E-state index in [9.17, 15) is 19.7 Å². The number of imide groups is 1. The fraction of sp³-hybridized carbons (Fsp3) is 0.174. The molecule has 2 aromatic carbocycles. The Morgan fingerprint density at radius 2 is 1.50 bits per heavy atom. The lowest BCUT2D eigenvalue weighted by molar-refractivity contribution is -0.736. The summed E-state index contributed by atoms with van der Waals surface area (Å²) >= 11 is 0. The number of aromatic nitrogens is 1. The number of carbonyl (C=O) groups excluding carboxylic acids is 2. The van der Waals surface area contributed by atoms with E-state index in [0.29, 0.717) is 5.69 Å². The summed E-state index contributed by atoms with van der Waals surface area (Å²) < 4.78 is 2.12. The number of hydrogen-bond donors (Lipinski definition) is 0. The number of benzene rings is 2. The molecule has 4 atom stereocenters. The average Bonchev–Trinajstić information content (AvgIpc) is 3.04. The van der Waals surface area contributed by atoms with Crippen molar-refractivity contribution in [2.75, 3.05) is 4.90 Å². The van der Waals surface area contributed by atoms with Crippen molar-refractivity contribution in [3.05, 3.63) is 99.9 Å². The van der Waals surface area contributed by atoms with E-state index in [-0.39, 0.29) is 29.5 Å². The minimum atomic E-state index is -0.499. The van der Waals surface area contributed by atoms with E-state index in [2.05, 4.69) is 4.57 Å². The van der Waals surface area contributed by atoms with E-state index in [1.807, 2.05) is 48.7 Å². The molecule has 4 heterocycles. The molecule has 3 aliphatic heterocycles. The Balaban J connectivity index is 1.51. The number of non-ortho nitro benzene ring substituents is 1. The van der Waals surface area contributed by atoms with Crippen LogP contribution in [0.15, 0.2) is 72.9 Å². The Morgan fingerprint density at radius 1 is 0.833 bits per heavy atom. The second kappa shape index (κ2) is 5.82. The summed E-state index contributed by atoms with van der Waals surface area (Å²) in [6.45, 7) is 0. The third-order valence-corrected chi connectivity index (χ3v) is 6.61. The van der Waals surface area contributed by atoms with Crippen molar-refractivity contribution in [1.82, 2.24) is 0 Å². The van der Waals surface area contributed by atoms with Gasteiger partial charge in [-0.25, -0.2) is 4.90 Å².